The number of carbonyl (C=O) groups is 2. The lowest BCUT2D eigenvalue weighted by Gasteiger charge is -2.06. The number of methoxy groups -OCH3 is 1. The van der Waals surface area contributed by atoms with Gasteiger partial charge in [-0.15, -0.1) is 11.3 Å². The summed E-state index contributed by atoms with van der Waals surface area (Å²) in [5.41, 5.74) is 0.0954. The molecule has 0 aliphatic carbocycles. The molecule has 1 N–H and O–H groups in total. The molecule has 2 aromatic rings. The van der Waals surface area contributed by atoms with Gasteiger partial charge in [-0.3, -0.25) is 4.79 Å². The second-order valence-electron chi connectivity index (χ2n) is 5.05. The summed E-state index contributed by atoms with van der Waals surface area (Å²) < 4.78 is 34.3. The van der Waals surface area contributed by atoms with Crippen LogP contribution >= 0.6 is 11.3 Å². The second-order valence-corrected chi connectivity index (χ2v) is 8.02. The molecule has 10 heteroatoms. The molecule has 0 fully saturated rings. The fourth-order valence-corrected chi connectivity index (χ4v) is 3.88. The monoisotopic (exact) mass is 398 g/mol. The van der Waals surface area contributed by atoms with E-state index in [1.165, 1.54) is 24.6 Å². The fraction of sp³-hybridized carbons (Fsp3) is 0.312. The molecule has 140 valence electrons. The molecule has 26 heavy (non-hydrogen) atoms. The average Bonchev–Trinajstić information content (AvgIpc) is 3.09. The van der Waals surface area contributed by atoms with Crippen LogP contribution in [0.1, 0.15) is 23.8 Å². The van der Waals surface area contributed by atoms with Gasteiger partial charge in [0.1, 0.15) is 5.75 Å². The summed E-state index contributed by atoms with van der Waals surface area (Å²) in [5.74, 6) is -0.887. The molecule has 1 heterocycles. The Labute approximate surface area is 155 Å². The van der Waals surface area contributed by atoms with Gasteiger partial charge in [0.2, 0.25) is 5.91 Å². The Morgan fingerprint density at radius 2 is 1.92 bits per heavy atom. The third-order valence-corrected chi connectivity index (χ3v) is 5.74. The predicted octanol–water partition coefficient (Wildman–Crippen LogP) is 2.13. The fourth-order valence-electron chi connectivity index (χ4n) is 1.94. The van der Waals surface area contributed by atoms with Crippen LogP contribution in [-0.2, 0) is 19.4 Å². The molecule has 1 aromatic carbocycles. The molecule has 0 atom stereocenters. The van der Waals surface area contributed by atoms with E-state index in [1.54, 1.807) is 19.1 Å². The minimum absolute atomic E-state index is 0.0954. The molecule has 0 saturated carbocycles. The zero-order valence-electron chi connectivity index (χ0n) is 14.2. The van der Waals surface area contributed by atoms with E-state index in [1.807, 2.05) is 0 Å². The zero-order valence-corrected chi connectivity index (χ0v) is 15.9. The van der Waals surface area contributed by atoms with Crippen LogP contribution < -0.4 is 10.1 Å². The van der Waals surface area contributed by atoms with Gasteiger partial charge in [0.05, 0.1) is 24.4 Å². The van der Waals surface area contributed by atoms with Crippen LogP contribution in [0.3, 0.4) is 0 Å². The second kappa shape index (κ2) is 8.77. The molecule has 0 spiro atoms. The summed E-state index contributed by atoms with van der Waals surface area (Å²) in [4.78, 5) is 27.5. The highest BCUT2D eigenvalue weighted by Gasteiger charge is 2.18. The number of benzene rings is 1. The van der Waals surface area contributed by atoms with Crippen molar-refractivity contribution in [2.24, 2.45) is 0 Å². The van der Waals surface area contributed by atoms with E-state index in [2.05, 4.69) is 10.3 Å². The largest absolute Gasteiger partial charge is 0.497 e. The maximum Gasteiger partial charge on any atom is 0.357 e. The minimum atomic E-state index is -3.60. The number of ether oxygens (including phenoxy) is 2. The number of thiazole rings is 1. The number of hydrogen-bond donors (Lipinski definition) is 1. The lowest BCUT2D eigenvalue weighted by atomic mass is 10.3. The van der Waals surface area contributed by atoms with E-state index in [-0.39, 0.29) is 34.5 Å². The number of carbonyl (C=O) groups excluding carboxylic acids is 2. The van der Waals surface area contributed by atoms with Gasteiger partial charge in [0.25, 0.3) is 0 Å². The maximum atomic E-state index is 12.3. The van der Waals surface area contributed by atoms with Crippen LogP contribution in [0.15, 0.2) is 34.5 Å². The summed E-state index contributed by atoms with van der Waals surface area (Å²) in [7, 11) is -2.11. The molecule has 0 aliphatic rings. The van der Waals surface area contributed by atoms with E-state index in [4.69, 9.17) is 9.47 Å². The SMILES string of the molecule is CCOC(=O)c1csc(NC(=O)CCS(=O)(=O)c2ccc(OC)cc2)n1. The molecule has 0 aliphatic heterocycles. The minimum Gasteiger partial charge on any atom is -0.497 e. The Kier molecular flexibility index (Phi) is 6.70. The van der Waals surface area contributed by atoms with Crippen molar-refractivity contribution in [3.05, 3.63) is 35.3 Å². The van der Waals surface area contributed by atoms with Crippen LogP contribution in [0.4, 0.5) is 5.13 Å². The van der Waals surface area contributed by atoms with Crippen molar-refractivity contribution in [1.82, 2.24) is 4.98 Å². The van der Waals surface area contributed by atoms with Gasteiger partial charge in [-0.25, -0.2) is 18.2 Å². The van der Waals surface area contributed by atoms with Crippen molar-refractivity contribution in [2.45, 2.75) is 18.2 Å². The summed E-state index contributed by atoms with van der Waals surface area (Å²) in [6, 6.07) is 5.94. The third kappa shape index (κ3) is 5.27. The lowest BCUT2D eigenvalue weighted by Crippen LogP contribution is -2.17. The average molecular weight is 398 g/mol. The topological polar surface area (TPSA) is 112 Å². The smallest absolute Gasteiger partial charge is 0.357 e. The van der Waals surface area contributed by atoms with Gasteiger partial charge in [0.15, 0.2) is 20.7 Å². The van der Waals surface area contributed by atoms with E-state index >= 15 is 0 Å². The van der Waals surface area contributed by atoms with Crippen molar-refractivity contribution < 1.29 is 27.5 Å². The van der Waals surface area contributed by atoms with Crippen molar-refractivity contribution in [2.75, 3.05) is 24.8 Å². The summed E-state index contributed by atoms with van der Waals surface area (Å²) in [6.45, 7) is 1.90. The molecule has 1 aromatic heterocycles. The van der Waals surface area contributed by atoms with Gasteiger partial charge in [-0.1, -0.05) is 0 Å². The van der Waals surface area contributed by atoms with Crippen LogP contribution in [0.25, 0.3) is 0 Å². The molecule has 2 rings (SSSR count). The number of hydrogen-bond acceptors (Lipinski definition) is 8. The highest BCUT2D eigenvalue weighted by molar-refractivity contribution is 7.91. The molecule has 0 bridgehead atoms. The third-order valence-electron chi connectivity index (χ3n) is 3.25. The van der Waals surface area contributed by atoms with Crippen molar-refractivity contribution in [3.8, 4) is 5.75 Å². The molecular formula is C16H18N2O6S2. The normalized spacial score (nSPS) is 11.0. The quantitative estimate of drug-likeness (QED) is 0.678. The van der Waals surface area contributed by atoms with Crippen molar-refractivity contribution in [3.63, 3.8) is 0 Å². The molecule has 0 radical (unpaired) electrons. The number of amides is 1. The number of sulfone groups is 1. The molecule has 1 amide bonds. The Balaban J connectivity index is 1.92. The van der Waals surface area contributed by atoms with Crippen LogP contribution in [0.5, 0.6) is 5.75 Å². The number of aromatic nitrogens is 1. The first-order valence-corrected chi connectivity index (χ1v) is 10.2. The summed E-state index contributed by atoms with van der Waals surface area (Å²) in [5, 5.41) is 4.15. The lowest BCUT2D eigenvalue weighted by molar-refractivity contribution is -0.115. The van der Waals surface area contributed by atoms with Crippen LogP contribution in [-0.4, -0.2) is 44.7 Å². The Morgan fingerprint density at radius 1 is 1.23 bits per heavy atom. The van der Waals surface area contributed by atoms with Crippen LogP contribution in [0.2, 0.25) is 0 Å². The molecule has 0 unspecified atom stereocenters. The molecule has 0 saturated heterocycles. The number of rotatable bonds is 8. The highest BCUT2D eigenvalue weighted by atomic mass is 32.2. The molecular weight excluding hydrogens is 380 g/mol. The summed E-state index contributed by atoms with van der Waals surface area (Å²) >= 11 is 1.06. The number of esters is 1. The Morgan fingerprint density at radius 3 is 2.54 bits per heavy atom. The van der Waals surface area contributed by atoms with Gasteiger partial charge in [-0.05, 0) is 31.2 Å². The van der Waals surface area contributed by atoms with Gasteiger partial charge in [0, 0.05) is 11.8 Å². The molecule has 8 nitrogen and oxygen atoms in total. The standard InChI is InChI=1S/C16H18N2O6S2/c1-3-24-15(20)13-10-25-16(17-13)18-14(19)8-9-26(21,22)12-6-4-11(23-2)5-7-12/h4-7,10H,3,8-9H2,1-2H3,(H,17,18,19). The Hall–Kier alpha value is -2.46. The first-order valence-electron chi connectivity index (χ1n) is 7.65. The Bertz CT molecular complexity index is 874. The summed E-state index contributed by atoms with van der Waals surface area (Å²) in [6.07, 6.45) is -0.233. The van der Waals surface area contributed by atoms with E-state index in [0.29, 0.717) is 5.75 Å². The zero-order chi connectivity index (χ0) is 19.2. The number of nitrogens with zero attached hydrogens (tertiary/aromatic N) is 1. The van der Waals surface area contributed by atoms with Gasteiger partial charge >= 0.3 is 5.97 Å². The van der Waals surface area contributed by atoms with Gasteiger partial charge in [-0.2, -0.15) is 0 Å². The number of nitrogens with one attached hydrogen (secondary N) is 1. The van der Waals surface area contributed by atoms with Gasteiger partial charge < -0.3 is 14.8 Å². The first kappa shape index (κ1) is 19.9. The number of anilines is 1. The maximum absolute atomic E-state index is 12.3. The van der Waals surface area contributed by atoms with E-state index in [9.17, 15) is 18.0 Å². The van der Waals surface area contributed by atoms with E-state index in [0.717, 1.165) is 11.3 Å². The highest BCUT2D eigenvalue weighted by Crippen LogP contribution is 2.19. The first-order chi connectivity index (χ1) is 12.4. The van der Waals surface area contributed by atoms with E-state index < -0.39 is 21.7 Å². The predicted molar refractivity (Wildman–Crippen MR) is 96.4 cm³/mol. The van der Waals surface area contributed by atoms with Crippen molar-refractivity contribution >= 4 is 38.2 Å². The van der Waals surface area contributed by atoms with Crippen molar-refractivity contribution in [1.29, 1.82) is 0 Å². The van der Waals surface area contributed by atoms with Crippen LogP contribution in [0, 0.1) is 0 Å².